The zero-order valence-corrected chi connectivity index (χ0v) is 12.8. The second-order valence-corrected chi connectivity index (χ2v) is 5.68. The third-order valence-corrected chi connectivity index (χ3v) is 4.41. The molecule has 1 amide bonds. The molecule has 0 radical (unpaired) electrons. The number of amides is 1. The normalized spacial score (nSPS) is 10.7. The lowest BCUT2D eigenvalue weighted by Crippen LogP contribution is -2.09. The number of nitrogens with zero attached hydrogens (tertiary/aromatic N) is 2. The van der Waals surface area contributed by atoms with Crippen molar-refractivity contribution in [2.45, 2.75) is 0 Å². The fourth-order valence-corrected chi connectivity index (χ4v) is 3.24. The van der Waals surface area contributed by atoms with Crippen molar-refractivity contribution >= 4 is 33.1 Å². The molecule has 0 spiro atoms. The van der Waals surface area contributed by atoms with E-state index in [0.29, 0.717) is 21.5 Å². The Morgan fingerprint density at radius 3 is 2.78 bits per heavy atom. The third-order valence-electron chi connectivity index (χ3n) is 3.31. The molecule has 0 aliphatic rings. The molecule has 1 aromatic heterocycles. The maximum Gasteiger partial charge on any atom is 0.277 e. The van der Waals surface area contributed by atoms with Crippen molar-refractivity contribution < 1.29 is 14.5 Å². The molecule has 0 aliphatic carbocycles. The third kappa shape index (κ3) is 2.59. The Hall–Kier alpha value is -3.00. The number of non-ortho nitro benzene ring substituents is 1. The molecule has 3 aromatic rings. The second kappa shape index (κ2) is 5.65. The van der Waals surface area contributed by atoms with Crippen LogP contribution in [0.1, 0.15) is 9.80 Å². The predicted octanol–water partition coefficient (Wildman–Crippen LogP) is 2.98. The summed E-state index contributed by atoms with van der Waals surface area (Å²) in [4.78, 5) is 26.1. The SMILES string of the molecule is COc1ccc(-c2cccc([N+](=O)[O-])c2)c2sc(C(N)=O)nc12. The molecule has 0 atom stereocenters. The number of fused-ring (bicyclic) bond motifs is 1. The van der Waals surface area contributed by atoms with Crippen LogP contribution in [0.5, 0.6) is 5.75 Å². The van der Waals surface area contributed by atoms with Gasteiger partial charge in [0.2, 0.25) is 0 Å². The van der Waals surface area contributed by atoms with Crippen molar-refractivity contribution in [3.05, 3.63) is 51.5 Å². The highest BCUT2D eigenvalue weighted by atomic mass is 32.1. The summed E-state index contributed by atoms with van der Waals surface area (Å²) < 4.78 is 5.95. The van der Waals surface area contributed by atoms with Gasteiger partial charge in [-0.05, 0) is 17.7 Å². The van der Waals surface area contributed by atoms with Gasteiger partial charge in [-0.25, -0.2) is 4.98 Å². The molecule has 1 heterocycles. The first-order valence-corrected chi connectivity index (χ1v) is 7.35. The first kappa shape index (κ1) is 14.9. The summed E-state index contributed by atoms with van der Waals surface area (Å²) in [5, 5.41) is 11.1. The molecule has 23 heavy (non-hydrogen) atoms. The van der Waals surface area contributed by atoms with Crippen LogP contribution in [-0.2, 0) is 0 Å². The van der Waals surface area contributed by atoms with Gasteiger partial charge in [0.25, 0.3) is 11.6 Å². The molecule has 7 nitrogen and oxygen atoms in total. The molecule has 3 rings (SSSR count). The average molecular weight is 329 g/mol. The van der Waals surface area contributed by atoms with E-state index >= 15 is 0 Å². The Balaban J connectivity index is 2.27. The molecular formula is C15H11N3O4S. The van der Waals surface area contributed by atoms with Crippen LogP contribution in [0, 0.1) is 10.1 Å². The van der Waals surface area contributed by atoms with Crippen LogP contribution in [0.3, 0.4) is 0 Å². The Labute approximate surface area is 134 Å². The standard InChI is InChI=1S/C15H11N3O4S/c1-22-11-6-5-10(8-3-2-4-9(7-8)18(20)21)13-12(11)17-15(23-13)14(16)19/h2-7H,1H3,(H2,16,19). The van der Waals surface area contributed by atoms with Gasteiger partial charge in [-0.1, -0.05) is 12.1 Å². The predicted molar refractivity (Wildman–Crippen MR) is 86.8 cm³/mol. The number of hydrogen-bond acceptors (Lipinski definition) is 6. The van der Waals surface area contributed by atoms with E-state index in [4.69, 9.17) is 10.5 Å². The topological polar surface area (TPSA) is 108 Å². The van der Waals surface area contributed by atoms with Gasteiger partial charge in [0.1, 0.15) is 11.3 Å². The van der Waals surface area contributed by atoms with E-state index in [2.05, 4.69) is 4.98 Å². The maximum atomic E-state index is 11.4. The largest absolute Gasteiger partial charge is 0.494 e. The number of aromatic nitrogens is 1. The molecule has 8 heteroatoms. The first-order chi connectivity index (χ1) is 11.0. The van der Waals surface area contributed by atoms with E-state index in [1.54, 1.807) is 24.3 Å². The minimum atomic E-state index is -0.627. The van der Waals surface area contributed by atoms with E-state index in [1.165, 1.54) is 19.2 Å². The van der Waals surface area contributed by atoms with Crippen LogP contribution < -0.4 is 10.5 Å². The number of thiazole rings is 1. The van der Waals surface area contributed by atoms with Crippen molar-refractivity contribution in [1.29, 1.82) is 0 Å². The van der Waals surface area contributed by atoms with Gasteiger partial charge in [0.15, 0.2) is 5.01 Å². The summed E-state index contributed by atoms with van der Waals surface area (Å²) in [6.07, 6.45) is 0. The zero-order valence-electron chi connectivity index (χ0n) is 12.0. The van der Waals surface area contributed by atoms with Gasteiger partial charge in [-0.15, -0.1) is 11.3 Å². The second-order valence-electron chi connectivity index (χ2n) is 4.68. The maximum absolute atomic E-state index is 11.4. The fraction of sp³-hybridized carbons (Fsp3) is 0.0667. The highest BCUT2D eigenvalue weighted by Crippen LogP contribution is 2.38. The van der Waals surface area contributed by atoms with Crippen LogP contribution >= 0.6 is 11.3 Å². The van der Waals surface area contributed by atoms with Crippen LogP contribution in [0.25, 0.3) is 21.3 Å². The number of hydrogen-bond donors (Lipinski definition) is 1. The van der Waals surface area contributed by atoms with Crippen molar-refractivity contribution in [1.82, 2.24) is 4.98 Å². The molecule has 0 saturated heterocycles. The Morgan fingerprint density at radius 1 is 1.35 bits per heavy atom. The van der Waals surface area contributed by atoms with Gasteiger partial charge >= 0.3 is 0 Å². The van der Waals surface area contributed by atoms with Crippen molar-refractivity contribution in [3.8, 4) is 16.9 Å². The summed E-state index contributed by atoms with van der Waals surface area (Å²) in [5.41, 5.74) is 7.19. The van der Waals surface area contributed by atoms with Crippen LogP contribution in [0.4, 0.5) is 5.69 Å². The number of nitrogens with two attached hydrogens (primary N) is 1. The summed E-state index contributed by atoms with van der Waals surface area (Å²) in [6.45, 7) is 0. The van der Waals surface area contributed by atoms with Gasteiger partial charge in [-0.3, -0.25) is 14.9 Å². The van der Waals surface area contributed by atoms with E-state index < -0.39 is 10.8 Å². The Bertz CT molecular complexity index is 936. The highest BCUT2D eigenvalue weighted by molar-refractivity contribution is 7.20. The molecule has 0 bridgehead atoms. The number of carbonyl (C=O) groups is 1. The molecule has 0 aliphatic heterocycles. The average Bonchev–Trinajstić information content (AvgIpc) is 2.99. The van der Waals surface area contributed by atoms with Gasteiger partial charge < -0.3 is 10.5 Å². The van der Waals surface area contributed by atoms with E-state index in [9.17, 15) is 14.9 Å². The number of nitro benzene ring substituents is 1. The smallest absolute Gasteiger partial charge is 0.277 e. The summed E-state index contributed by atoms with van der Waals surface area (Å²) in [6, 6.07) is 9.76. The minimum absolute atomic E-state index is 0.00823. The summed E-state index contributed by atoms with van der Waals surface area (Å²) >= 11 is 1.14. The number of benzene rings is 2. The van der Waals surface area contributed by atoms with Gasteiger partial charge in [-0.2, -0.15) is 0 Å². The number of methoxy groups -OCH3 is 1. The van der Waals surface area contributed by atoms with Gasteiger partial charge in [0, 0.05) is 17.7 Å². The number of rotatable bonds is 4. The number of carbonyl (C=O) groups excluding carboxylic acids is 1. The Morgan fingerprint density at radius 2 is 2.13 bits per heavy atom. The fourth-order valence-electron chi connectivity index (χ4n) is 2.27. The number of primary amides is 1. The highest BCUT2D eigenvalue weighted by Gasteiger charge is 2.17. The summed E-state index contributed by atoms with van der Waals surface area (Å²) in [7, 11) is 1.51. The Kier molecular flexibility index (Phi) is 3.67. The lowest BCUT2D eigenvalue weighted by atomic mass is 10.0. The summed E-state index contributed by atoms with van der Waals surface area (Å²) in [5.74, 6) is -0.115. The van der Waals surface area contributed by atoms with Gasteiger partial charge in [0.05, 0.1) is 16.7 Å². The van der Waals surface area contributed by atoms with Crippen molar-refractivity contribution in [2.75, 3.05) is 7.11 Å². The van der Waals surface area contributed by atoms with E-state index in [-0.39, 0.29) is 10.7 Å². The van der Waals surface area contributed by atoms with E-state index in [1.807, 2.05) is 0 Å². The lowest BCUT2D eigenvalue weighted by Gasteiger charge is -2.06. The van der Waals surface area contributed by atoms with Crippen molar-refractivity contribution in [2.24, 2.45) is 5.73 Å². The monoisotopic (exact) mass is 329 g/mol. The molecule has 0 saturated carbocycles. The first-order valence-electron chi connectivity index (χ1n) is 6.53. The number of ether oxygens (including phenoxy) is 1. The minimum Gasteiger partial charge on any atom is -0.494 e. The lowest BCUT2D eigenvalue weighted by molar-refractivity contribution is -0.384. The van der Waals surface area contributed by atoms with Crippen LogP contribution in [0.2, 0.25) is 0 Å². The molecule has 2 aromatic carbocycles. The number of nitro groups is 1. The molecule has 0 unspecified atom stereocenters. The van der Waals surface area contributed by atoms with Crippen molar-refractivity contribution in [3.63, 3.8) is 0 Å². The van der Waals surface area contributed by atoms with E-state index in [0.717, 1.165) is 16.9 Å². The molecule has 2 N–H and O–H groups in total. The molecular weight excluding hydrogens is 318 g/mol. The zero-order chi connectivity index (χ0) is 16.6. The molecule has 0 fully saturated rings. The van der Waals surface area contributed by atoms with Crippen LogP contribution in [-0.4, -0.2) is 22.9 Å². The van der Waals surface area contributed by atoms with Crippen LogP contribution in [0.15, 0.2) is 36.4 Å². The molecule has 116 valence electrons. The quantitative estimate of drug-likeness (QED) is 0.584.